The van der Waals surface area contributed by atoms with Crippen LogP contribution in [0.2, 0.25) is 0 Å². The molecular weight excluding hydrogens is 444 g/mol. The van der Waals surface area contributed by atoms with Crippen molar-refractivity contribution in [3.63, 3.8) is 0 Å². The molecule has 0 saturated heterocycles. The molecule has 0 bridgehead atoms. The lowest BCUT2D eigenvalue weighted by Crippen LogP contribution is -2.43. The van der Waals surface area contributed by atoms with Crippen molar-refractivity contribution in [2.45, 2.75) is 37.9 Å². The maximum atomic E-state index is 13.5. The van der Waals surface area contributed by atoms with Crippen molar-refractivity contribution in [1.29, 1.82) is 0 Å². The van der Waals surface area contributed by atoms with Gasteiger partial charge in [-0.25, -0.2) is 8.42 Å². The number of benzene rings is 2. The number of rotatable bonds is 9. The number of hydrogen-bond acceptors (Lipinski definition) is 6. The van der Waals surface area contributed by atoms with Gasteiger partial charge in [-0.3, -0.25) is 9.59 Å². The van der Waals surface area contributed by atoms with Crippen molar-refractivity contribution < 1.29 is 27.5 Å². The first-order valence-electron chi connectivity index (χ1n) is 10.9. The Morgan fingerprint density at radius 3 is 2.55 bits per heavy atom. The molecule has 2 amide bonds. The lowest BCUT2D eigenvalue weighted by atomic mass is 10.0. The average molecular weight is 473 g/mol. The predicted molar refractivity (Wildman–Crippen MR) is 123 cm³/mol. The van der Waals surface area contributed by atoms with Crippen LogP contribution in [0.15, 0.2) is 42.5 Å². The number of carbonyl (C=O) groups excluding carboxylic acids is 2. The van der Waals surface area contributed by atoms with Crippen LogP contribution in [0.1, 0.15) is 53.3 Å². The van der Waals surface area contributed by atoms with E-state index in [2.05, 4.69) is 5.32 Å². The number of carbonyl (C=O) groups is 2. The molecule has 1 aliphatic carbocycles. The van der Waals surface area contributed by atoms with Crippen LogP contribution >= 0.6 is 0 Å². The second-order valence-corrected chi connectivity index (χ2v) is 10.6. The fraction of sp³-hybridized carbons (Fsp3) is 0.417. The highest BCUT2D eigenvalue weighted by atomic mass is 32.2. The highest BCUT2D eigenvalue weighted by Crippen LogP contribution is 2.42. The summed E-state index contributed by atoms with van der Waals surface area (Å²) >= 11 is 0. The van der Waals surface area contributed by atoms with Crippen LogP contribution in [0.25, 0.3) is 0 Å². The molecule has 1 fully saturated rings. The number of nitrogens with zero attached hydrogens (tertiary/aromatic N) is 1. The van der Waals surface area contributed by atoms with Crippen molar-refractivity contribution in [2.75, 3.05) is 25.7 Å². The summed E-state index contributed by atoms with van der Waals surface area (Å²) in [6, 6.07) is 10.3. The zero-order valence-electron chi connectivity index (χ0n) is 18.9. The van der Waals surface area contributed by atoms with Crippen molar-refractivity contribution in [2.24, 2.45) is 0 Å². The highest BCUT2D eigenvalue weighted by Gasteiger charge is 2.46. The quantitative estimate of drug-likeness (QED) is 0.602. The summed E-state index contributed by atoms with van der Waals surface area (Å²) in [6.45, 7) is 2.22. The van der Waals surface area contributed by atoms with Crippen LogP contribution in [0, 0.1) is 0 Å². The maximum absolute atomic E-state index is 13.5. The van der Waals surface area contributed by atoms with Crippen LogP contribution in [-0.4, -0.2) is 56.9 Å². The highest BCUT2D eigenvalue weighted by molar-refractivity contribution is 7.90. The summed E-state index contributed by atoms with van der Waals surface area (Å²) in [6.07, 6.45) is 2.92. The number of amides is 2. The first kappa shape index (κ1) is 23.1. The van der Waals surface area contributed by atoms with E-state index in [1.54, 1.807) is 42.5 Å². The molecule has 2 atom stereocenters. The molecule has 9 heteroatoms. The van der Waals surface area contributed by atoms with E-state index in [-0.39, 0.29) is 23.6 Å². The molecule has 1 aliphatic heterocycles. The average Bonchev–Trinajstić information content (AvgIpc) is 3.54. The lowest BCUT2D eigenvalue weighted by molar-refractivity contribution is -0.126. The van der Waals surface area contributed by atoms with Gasteiger partial charge >= 0.3 is 0 Å². The zero-order chi connectivity index (χ0) is 23.8. The fourth-order valence-corrected chi connectivity index (χ4v) is 5.15. The van der Waals surface area contributed by atoms with E-state index in [4.69, 9.17) is 9.47 Å². The van der Waals surface area contributed by atoms with E-state index in [1.165, 1.54) is 12.0 Å². The minimum absolute atomic E-state index is 0.0983. The van der Waals surface area contributed by atoms with Crippen molar-refractivity contribution in [3.05, 3.63) is 59.2 Å². The van der Waals surface area contributed by atoms with Crippen molar-refractivity contribution in [3.8, 4) is 11.5 Å². The Labute approximate surface area is 193 Å². The molecule has 8 nitrogen and oxygen atoms in total. The van der Waals surface area contributed by atoms with Gasteiger partial charge in [0.2, 0.25) is 5.91 Å². The Hall–Kier alpha value is -3.07. The number of hydrogen-bond donors (Lipinski definition) is 1. The van der Waals surface area contributed by atoms with Gasteiger partial charge < -0.3 is 19.7 Å². The molecule has 33 heavy (non-hydrogen) atoms. The molecule has 2 aromatic carbocycles. The molecule has 1 unspecified atom stereocenters. The van der Waals surface area contributed by atoms with E-state index < -0.39 is 21.9 Å². The van der Waals surface area contributed by atoms with Crippen LogP contribution < -0.4 is 14.8 Å². The fourth-order valence-electron chi connectivity index (χ4n) is 4.23. The van der Waals surface area contributed by atoms with E-state index in [1.807, 2.05) is 6.92 Å². The Morgan fingerprint density at radius 1 is 1.18 bits per heavy atom. The van der Waals surface area contributed by atoms with Gasteiger partial charge in [0.15, 0.2) is 11.5 Å². The van der Waals surface area contributed by atoms with E-state index in [0.29, 0.717) is 34.8 Å². The molecule has 176 valence electrons. The number of methoxy groups -OCH3 is 1. The first-order chi connectivity index (χ1) is 15.7. The summed E-state index contributed by atoms with van der Waals surface area (Å²) in [5.41, 5.74) is 1.54. The van der Waals surface area contributed by atoms with Gasteiger partial charge in [-0.1, -0.05) is 24.3 Å². The molecule has 2 aromatic rings. The Morgan fingerprint density at radius 2 is 1.91 bits per heavy atom. The minimum atomic E-state index is -3.52. The Balaban J connectivity index is 1.82. The third-order valence-electron chi connectivity index (χ3n) is 5.84. The van der Waals surface area contributed by atoms with E-state index in [0.717, 1.165) is 19.1 Å². The van der Waals surface area contributed by atoms with Gasteiger partial charge in [0.1, 0.15) is 15.9 Å². The Bertz CT molecular complexity index is 1180. The zero-order valence-corrected chi connectivity index (χ0v) is 19.7. The van der Waals surface area contributed by atoms with Gasteiger partial charge in [-0.05, 0) is 49.1 Å². The van der Waals surface area contributed by atoms with Gasteiger partial charge in [-0.2, -0.15) is 0 Å². The smallest absolute Gasteiger partial charge is 0.255 e. The second kappa shape index (κ2) is 9.05. The number of fused-ring (bicyclic) bond motifs is 1. The van der Waals surface area contributed by atoms with Gasteiger partial charge in [0.05, 0.1) is 25.5 Å². The summed E-state index contributed by atoms with van der Waals surface area (Å²) in [5.74, 6) is -0.0635. The molecule has 0 radical (unpaired) electrons. The van der Waals surface area contributed by atoms with E-state index in [9.17, 15) is 18.0 Å². The summed E-state index contributed by atoms with van der Waals surface area (Å²) in [4.78, 5) is 28.2. The van der Waals surface area contributed by atoms with Crippen LogP contribution in [0.4, 0.5) is 0 Å². The van der Waals surface area contributed by atoms with Crippen LogP contribution in [-0.2, 0) is 14.6 Å². The monoisotopic (exact) mass is 472 g/mol. The summed E-state index contributed by atoms with van der Waals surface area (Å²) in [5, 5.41) is 2.98. The molecular formula is C24H28N2O6S. The third-order valence-corrected chi connectivity index (χ3v) is 6.76. The van der Waals surface area contributed by atoms with Gasteiger partial charge in [0, 0.05) is 17.9 Å². The number of nitrogens with one attached hydrogen (secondary N) is 1. The third kappa shape index (κ3) is 4.83. The summed E-state index contributed by atoms with van der Waals surface area (Å²) in [7, 11) is -2.00. The number of sulfone groups is 1. The summed E-state index contributed by atoms with van der Waals surface area (Å²) < 4.78 is 35.9. The van der Waals surface area contributed by atoms with Gasteiger partial charge in [-0.15, -0.1) is 0 Å². The van der Waals surface area contributed by atoms with Gasteiger partial charge in [0.25, 0.3) is 5.91 Å². The SMILES string of the molecule is CCOc1cc([C@@H](CS(C)(=O)=O)N2C(=O)c3ccccc3C2C(=O)NC2CC2)ccc1OC. The molecule has 0 aromatic heterocycles. The maximum Gasteiger partial charge on any atom is 0.255 e. The lowest BCUT2D eigenvalue weighted by Gasteiger charge is -2.33. The minimum Gasteiger partial charge on any atom is -0.493 e. The standard InChI is InChI=1S/C24H28N2O6S/c1-4-32-21-13-15(9-12-20(21)31-2)19(14-33(3,29)30)26-22(23(27)25-16-10-11-16)17-7-5-6-8-18(17)24(26)28/h5-9,12-13,16,19,22H,4,10-11,14H2,1-3H3,(H,25,27)/t19-,22?/m1/s1. The topological polar surface area (TPSA) is 102 Å². The normalized spacial score (nSPS) is 18.6. The second-order valence-electron chi connectivity index (χ2n) is 8.44. The van der Waals surface area contributed by atoms with Crippen molar-refractivity contribution in [1.82, 2.24) is 10.2 Å². The van der Waals surface area contributed by atoms with E-state index >= 15 is 0 Å². The molecule has 1 N–H and O–H groups in total. The molecule has 0 spiro atoms. The molecule has 1 heterocycles. The van der Waals surface area contributed by atoms with Crippen molar-refractivity contribution >= 4 is 21.7 Å². The first-order valence-corrected chi connectivity index (χ1v) is 13.0. The number of ether oxygens (including phenoxy) is 2. The van der Waals surface area contributed by atoms with Crippen LogP contribution in [0.3, 0.4) is 0 Å². The Kier molecular flexibility index (Phi) is 6.34. The predicted octanol–water partition coefficient (Wildman–Crippen LogP) is 2.66. The molecule has 4 rings (SSSR count). The molecule has 2 aliphatic rings. The largest absolute Gasteiger partial charge is 0.493 e. The molecule has 1 saturated carbocycles. The van der Waals surface area contributed by atoms with Crippen LogP contribution in [0.5, 0.6) is 11.5 Å².